The normalized spacial score (nSPS) is 13.5. The molecule has 18 heavy (non-hydrogen) atoms. The summed E-state index contributed by atoms with van der Waals surface area (Å²) in [5.41, 5.74) is 2.73. The summed E-state index contributed by atoms with van der Waals surface area (Å²) in [5, 5.41) is 5.22. The number of hydrogen-bond acceptors (Lipinski definition) is 3. The van der Waals surface area contributed by atoms with Gasteiger partial charge >= 0.3 is 0 Å². The Labute approximate surface area is 112 Å². The highest BCUT2D eigenvalue weighted by atomic mass is 32.1. The quantitative estimate of drug-likeness (QED) is 0.806. The summed E-state index contributed by atoms with van der Waals surface area (Å²) in [6.07, 6.45) is 3.67. The standard InChI is InChI=1S/C15H17NOS/c1-2-3-5-12-7-8-14-13(10-12)11-16(17-14)15-6-4-9-18-15/h4,6-10H,2-3,5,11H2,1H3. The van der Waals surface area contributed by atoms with Crippen LogP contribution in [0.25, 0.3) is 0 Å². The summed E-state index contributed by atoms with van der Waals surface area (Å²) >= 11 is 1.71. The number of nitrogens with zero attached hydrogens (tertiary/aromatic N) is 1. The molecule has 0 atom stereocenters. The third kappa shape index (κ3) is 2.23. The smallest absolute Gasteiger partial charge is 0.160 e. The Morgan fingerprint density at radius 2 is 2.28 bits per heavy atom. The van der Waals surface area contributed by atoms with Gasteiger partial charge in [0.05, 0.1) is 6.54 Å². The van der Waals surface area contributed by atoms with Gasteiger partial charge in [0.25, 0.3) is 0 Å². The van der Waals surface area contributed by atoms with E-state index in [0.717, 1.165) is 12.3 Å². The van der Waals surface area contributed by atoms with Gasteiger partial charge in [0.15, 0.2) is 5.75 Å². The number of benzene rings is 1. The molecule has 2 heterocycles. The van der Waals surface area contributed by atoms with E-state index in [1.807, 2.05) is 5.06 Å². The molecule has 0 radical (unpaired) electrons. The lowest BCUT2D eigenvalue weighted by molar-refractivity contribution is 0.311. The van der Waals surface area contributed by atoms with Crippen LogP contribution < -0.4 is 9.90 Å². The van der Waals surface area contributed by atoms with Crippen molar-refractivity contribution >= 4 is 16.3 Å². The molecular formula is C15H17NOS. The number of anilines is 1. The number of hydroxylamine groups is 1. The molecule has 2 nitrogen and oxygen atoms in total. The summed E-state index contributed by atoms with van der Waals surface area (Å²) in [5.74, 6) is 1.00. The zero-order chi connectivity index (χ0) is 12.4. The molecule has 0 spiro atoms. The Bertz CT molecular complexity index is 521. The first kappa shape index (κ1) is 11.6. The van der Waals surface area contributed by atoms with Gasteiger partial charge in [0.1, 0.15) is 5.00 Å². The van der Waals surface area contributed by atoms with E-state index in [1.54, 1.807) is 11.3 Å². The van der Waals surface area contributed by atoms with Crippen molar-refractivity contribution in [2.45, 2.75) is 32.7 Å². The number of rotatable bonds is 4. The molecule has 94 valence electrons. The fraction of sp³-hybridized carbons (Fsp3) is 0.333. The van der Waals surface area contributed by atoms with Gasteiger partial charge in [-0.3, -0.25) is 0 Å². The minimum Gasteiger partial charge on any atom is -0.378 e. The number of hydrogen-bond donors (Lipinski definition) is 0. The van der Waals surface area contributed by atoms with Crippen LogP contribution >= 0.6 is 11.3 Å². The minimum atomic E-state index is 0.857. The van der Waals surface area contributed by atoms with Crippen molar-refractivity contribution in [3.8, 4) is 5.75 Å². The van der Waals surface area contributed by atoms with Gasteiger partial charge in [-0.05, 0) is 42.0 Å². The third-order valence-corrected chi connectivity index (χ3v) is 4.09. The molecule has 0 fully saturated rings. The molecule has 1 aromatic carbocycles. The number of unbranched alkanes of at least 4 members (excludes halogenated alkanes) is 1. The van der Waals surface area contributed by atoms with E-state index < -0.39 is 0 Å². The molecule has 0 aliphatic carbocycles. The largest absolute Gasteiger partial charge is 0.378 e. The van der Waals surface area contributed by atoms with Gasteiger partial charge in [-0.25, -0.2) is 0 Å². The molecule has 1 aliphatic heterocycles. The van der Waals surface area contributed by atoms with Crippen LogP contribution in [0.5, 0.6) is 5.75 Å². The van der Waals surface area contributed by atoms with Crippen molar-refractivity contribution in [1.29, 1.82) is 0 Å². The molecule has 1 aromatic heterocycles. The second-order valence-corrected chi connectivity index (χ2v) is 5.55. The van der Waals surface area contributed by atoms with Gasteiger partial charge in [-0.2, -0.15) is 5.06 Å². The molecule has 1 aliphatic rings. The van der Waals surface area contributed by atoms with Crippen LogP contribution in [0.15, 0.2) is 35.7 Å². The van der Waals surface area contributed by atoms with Crippen molar-refractivity contribution in [3.05, 3.63) is 46.8 Å². The molecule has 0 unspecified atom stereocenters. The van der Waals surface area contributed by atoms with Crippen LogP contribution in [-0.2, 0) is 13.0 Å². The molecule has 0 saturated heterocycles. The molecule has 0 saturated carbocycles. The SMILES string of the molecule is CCCCc1ccc2c(c1)CN(c1cccs1)O2. The number of aryl methyl sites for hydroxylation is 1. The first-order valence-corrected chi connectivity index (χ1v) is 7.35. The summed E-state index contributed by atoms with van der Waals surface area (Å²) in [7, 11) is 0. The lowest BCUT2D eigenvalue weighted by Crippen LogP contribution is -2.18. The molecule has 0 bridgehead atoms. The van der Waals surface area contributed by atoms with Crippen LogP contribution in [0.1, 0.15) is 30.9 Å². The summed E-state index contributed by atoms with van der Waals surface area (Å²) in [6, 6.07) is 10.7. The fourth-order valence-electron chi connectivity index (χ4n) is 2.22. The van der Waals surface area contributed by atoms with E-state index in [9.17, 15) is 0 Å². The highest BCUT2D eigenvalue weighted by Crippen LogP contribution is 2.34. The van der Waals surface area contributed by atoms with Crippen molar-refractivity contribution in [1.82, 2.24) is 0 Å². The molecule has 0 amide bonds. The average Bonchev–Trinajstić information content (AvgIpc) is 3.03. The average molecular weight is 259 g/mol. The predicted molar refractivity (Wildman–Crippen MR) is 76.2 cm³/mol. The molecule has 0 N–H and O–H groups in total. The predicted octanol–water partition coefficient (Wildman–Crippen LogP) is 4.40. The molecule has 3 rings (SSSR count). The van der Waals surface area contributed by atoms with Crippen LogP contribution in [0, 0.1) is 0 Å². The lowest BCUT2D eigenvalue weighted by atomic mass is 10.1. The van der Waals surface area contributed by atoms with E-state index in [0.29, 0.717) is 0 Å². The second kappa shape index (κ2) is 5.02. The van der Waals surface area contributed by atoms with Crippen LogP contribution in [0.2, 0.25) is 0 Å². The Balaban J connectivity index is 1.76. The third-order valence-electron chi connectivity index (χ3n) is 3.22. The summed E-state index contributed by atoms with van der Waals surface area (Å²) < 4.78 is 0. The number of thiophene rings is 1. The van der Waals surface area contributed by atoms with Crippen molar-refractivity contribution in [2.24, 2.45) is 0 Å². The second-order valence-electron chi connectivity index (χ2n) is 4.62. The number of fused-ring (bicyclic) bond motifs is 1. The monoisotopic (exact) mass is 259 g/mol. The van der Waals surface area contributed by atoms with Gasteiger partial charge in [-0.1, -0.05) is 25.5 Å². The Morgan fingerprint density at radius 1 is 1.33 bits per heavy atom. The maximum Gasteiger partial charge on any atom is 0.160 e. The van der Waals surface area contributed by atoms with E-state index in [-0.39, 0.29) is 0 Å². The zero-order valence-corrected chi connectivity index (χ0v) is 11.4. The molecule has 2 aromatic rings. The first-order valence-electron chi connectivity index (χ1n) is 6.47. The van der Waals surface area contributed by atoms with E-state index in [4.69, 9.17) is 4.84 Å². The Morgan fingerprint density at radius 3 is 3.06 bits per heavy atom. The van der Waals surface area contributed by atoms with Crippen molar-refractivity contribution in [3.63, 3.8) is 0 Å². The summed E-state index contributed by atoms with van der Waals surface area (Å²) in [6.45, 7) is 3.09. The highest BCUT2D eigenvalue weighted by Gasteiger charge is 2.22. The van der Waals surface area contributed by atoms with E-state index in [2.05, 4.69) is 42.6 Å². The van der Waals surface area contributed by atoms with Crippen molar-refractivity contribution < 1.29 is 4.84 Å². The fourth-order valence-corrected chi connectivity index (χ4v) is 2.90. The van der Waals surface area contributed by atoms with Gasteiger partial charge < -0.3 is 4.84 Å². The zero-order valence-electron chi connectivity index (χ0n) is 10.6. The minimum absolute atomic E-state index is 0.857. The van der Waals surface area contributed by atoms with Gasteiger partial charge in [0, 0.05) is 5.56 Å². The van der Waals surface area contributed by atoms with Crippen LogP contribution in [0.4, 0.5) is 5.00 Å². The van der Waals surface area contributed by atoms with Gasteiger partial charge in [-0.15, -0.1) is 11.3 Å². The Kier molecular flexibility index (Phi) is 3.24. The topological polar surface area (TPSA) is 12.5 Å². The van der Waals surface area contributed by atoms with Crippen LogP contribution in [0.3, 0.4) is 0 Å². The Hall–Kier alpha value is -1.48. The highest BCUT2D eigenvalue weighted by molar-refractivity contribution is 7.14. The lowest BCUT2D eigenvalue weighted by Gasteiger charge is -2.13. The maximum atomic E-state index is 5.85. The van der Waals surface area contributed by atoms with E-state index in [1.165, 1.54) is 35.4 Å². The first-order chi connectivity index (χ1) is 8.86. The van der Waals surface area contributed by atoms with E-state index >= 15 is 0 Å². The molecule has 3 heteroatoms. The molecular weight excluding hydrogens is 242 g/mol. The maximum absolute atomic E-state index is 5.85. The van der Waals surface area contributed by atoms with Crippen molar-refractivity contribution in [2.75, 3.05) is 5.06 Å². The van der Waals surface area contributed by atoms with Gasteiger partial charge in [0.2, 0.25) is 0 Å². The summed E-state index contributed by atoms with van der Waals surface area (Å²) in [4.78, 5) is 5.85. The van der Waals surface area contributed by atoms with Crippen LogP contribution in [-0.4, -0.2) is 0 Å².